The van der Waals surface area contributed by atoms with Crippen LogP contribution in [0.5, 0.6) is 0 Å². The van der Waals surface area contributed by atoms with Gasteiger partial charge in [-0.3, -0.25) is 4.98 Å². The molecule has 0 aliphatic rings. The van der Waals surface area contributed by atoms with Gasteiger partial charge in [-0.15, -0.1) is 10.2 Å². The lowest BCUT2D eigenvalue weighted by molar-refractivity contribution is 0.466. The van der Waals surface area contributed by atoms with E-state index in [0.29, 0.717) is 11.1 Å². The lowest BCUT2D eigenvalue weighted by Crippen LogP contribution is -1.82. The van der Waals surface area contributed by atoms with Crippen LogP contribution in [-0.4, -0.2) is 15.2 Å². The third kappa shape index (κ3) is 3.08. The Bertz CT molecular complexity index is 702. The first-order valence-electron chi connectivity index (χ1n) is 5.93. The van der Waals surface area contributed by atoms with Gasteiger partial charge in [-0.25, -0.2) is 0 Å². The zero-order chi connectivity index (χ0) is 13.8. The first-order valence-corrected chi connectivity index (χ1v) is 7.71. The van der Waals surface area contributed by atoms with Crippen LogP contribution in [0.3, 0.4) is 0 Å². The second-order valence-electron chi connectivity index (χ2n) is 3.99. The molecule has 0 amide bonds. The van der Waals surface area contributed by atoms with Gasteiger partial charge in [0.2, 0.25) is 5.89 Å². The maximum Gasteiger partial charge on any atom is 0.277 e. The lowest BCUT2D eigenvalue weighted by Gasteiger charge is -2.00. The molecular weight excluding hydrogens is 338 g/mol. The van der Waals surface area contributed by atoms with E-state index in [0.717, 1.165) is 15.8 Å². The summed E-state index contributed by atoms with van der Waals surface area (Å²) in [5.74, 6) is 1.29. The fraction of sp³-hybridized carbons (Fsp3) is 0.0714. The van der Waals surface area contributed by atoms with Crippen LogP contribution in [-0.2, 0) is 5.75 Å². The molecule has 0 N–H and O–H groups in total. The van der Waals surface area contributed by atoms with Crippen molar-refractivity contribution < 1.29 is 4.42 Å². The van der Waals surface area contributed by atoms with Crippen molar-refractivity contribution in [3.05, 3.63) is 58.8 Å². The van der Waals surface area contributed by atoms with Crippen LogP contribution in [0.2, 0.25) is 0 Å². The largest absolute Gasteiger partial charge is 0.411 e. The Kier molecular flexibility index (Phi) is 4.13. The average Bonchev–Trinajstić information content (AvgIpc) is 2.96. The van der Waals surface area contributed by atoms with Crippen molar-refractivity contribution in [3.8, 4) is 11.5 Å². The highest BCUT2D eigenvalue weighted by molar-refractivity contribution is 9.10. The number of hydrogen-bond acceptors (Lipinski definition) is 5. The minimum absolute atomic E-state index is 0.516. The standard InChI is InChI=1S/C14H10BrN3OS/c15-12-4-2-1-3-11(12)9-20-14-18-17-13(19-14)10-5-7-16-8-6-10/h1-8H,9H2. The lowest BCUT2D eigenvalue weighted by atomic mass is 10.2. The van der Waals surface area contributed by atoms with Crippen molar-refractivity contribution >= 4 is 27.7 Å². The number of nitrogens with zero attached hydrogens (tertiary/aromatic N) is 3. The molecular formula is C14H10BrN3OS. The third-order valence-corrected chi connectivity index (χ3v) is 4.28. The molecule has 1 aromatic carbocycles. The van der Waals surface area contributed by atoms with E-state index < -0.39 is 0 Å². The van der Waals surface area contributed by atoms with Gasteiger partial charge in [-0.05, 0) is 23.8 Å². The van der Waals surface area contributed by atoms with E-state index in [1.165, 1.54) is 17.3 Å². The van der Waals surface area contributed by atoms with Gasteiger partial charge in [0.25, 0.3) is 5.22 Å². The number of aromatic nitrogens is 3. The number of halogens is 1. The molecule has 6 heteroatoms. The molecule has 3 aromatic rings. The third-order valence-electron chi connectivity index (χ3n) is 2.64. The quantitative estimate of drug-likeness (QED) is 0.662. The van der Waals surface area contributed by atoms with E-state index in [9.17, 15) is 0 Å². The van der Waals surface area contributed by atoms with Crippen molar-refractivity contribution in [1.29, 1.82) is 0 Å². The zero-order valence-corrected chi connectivity index (χ0v) is 12.8. The molecule has 20 heavy (non-hydrogen) atoms. The summed E-state index contributed by atoms with van der Waals surface area (Å²) in [6.07, 6.45) is 3.40. The van der Waals surface area contributed by atoms with Crippen LogP contribution in [0.4, 0.5) is 0 Å². The number of hydrogen-bond donors (Lipinski definition) is 0. The van der Waals surface area contributed by atoms with Gasteiger partial charge in [-0.2, -0.15) is 0 Å². The average molecular weight is 348 g/mol. The Morgan fingerprint density at radius 3 is 2.65 bits per heavy atom. The predicted octanol–water partition coefficient (Wildman–Crippen LogP) is 4.19. The van der Waals surface area contributed by atoms with Gasteiger partial charge in [0, 0.05) is 28.2 Å². The van der Waals surface area contributed by atoms with E-state index in [4.69, 9.17) is 4.42 Å². The van der Waals surface area contributed by atoms with Crippen LogP contribution in [0.1, 0.15) is 5.56 Å². The Morgan fingerprint density at radius 1 is 1.05 bits per heavy atom. The SMILES string of the molecule is Brc1ccccc1CSc1nnc(-c2ccncc2)o1. The Morgan fingerprint density at radius 2 is 1.85 bits per heavy atom. The summed E-state index contributed by atoms with van der Waals surface area (Å²) in [4.78, 5) is 3.96. The molecule has 0 saturated heterocycles. The molecule has 0 bridgehead atoms. The highest BCUT2D eigenvalue weighted by atomic mass is 79.9. The molecule has 100 valence electrons. The number of pyridine rings is 1. The second kappa shape index (κ2) is 6.19. The minimum Gasteiger partial charge on any atom is -0.411 e. The van der Waals surface area contributed by atoms with Gasteiger partial charge in [0.1, 0.15) is 0 Å². The maximum atomic E-state index is 5.63. The summed E-state index contributed by atoms with van der Waals surface area (Å²) in [5.41, 5.74) is 2.07. The van der Waals surface area contributed by atoms with Crippen molar-refractivity contribution in [1.82, 2.24) is 15.2 Å². The molecule has 0 radical (unpaired) electrons. The van der Waals surface area contributed by atoms with Gasteiger partial charge in [0.05, 0.1) is 0 Å². The topological polar surface area (TPSA) is 51.8 Å². The summed E-state index contributed by atoms with van der Waals surface area (Å²) < 4.78 is 6.71. The summed E-state index contributed by atoms with van der Waals surface area (Å²) in [7, 11) is 0. The second-order valence-corrected chi connectivity index (χ2v) is 5.77. The van der Waals surface area contributed by atoms with Gasteiger partial charge in [-0.1, -0.05) is 45.9 Å². The molecule has 2 heterocycles. The van der Waals surface area contributed by atoms with E-state index in [2.05, 4.69) is 37.2 Å². The summed E-state index contributed by atoms with van der Waals surface area (Å²) in [6.45, 7) is 0. The van der Waals surface area contributed by atoms with Gasteiger partial charge in [0.15, 0.2) is 0 Å². The molecule has 3 rings (SSSR count). The highest BCUT2D eigenvalue weighted by Crippen LogP contribution is 2.27. The number of rotatable bonds is 4. The Hall–Kier alpha value is -1.66. The Labute approximate surface area is 128 Å². The predicted molar refractivity (Wildman–Crippen MR) is 81.2 cm³/mol. The Balaban J connectivity index is 1.71. The van der Waals surface area contributed by atoms with E-state index in [-0.39, 0.29) is 0 Å². The molecule has 2 aromatic heterocycles. The normalized spacial score (nSPS) is 10.7. The van der Waals surface area contributed by atoms with Gasteiger partial charge < -0.3 is 4.42 Å². The van der Waals surface area contributed by atoms with Crippen molar-refractivity contribution in [2.24, 2.45) is 0 Å². The smallest absolute Gasteiger partial charge is 0.277 e. The molecule has 0 spiro atoms. The fourth-order valence-corrected chi connectivity index (χ4v) is 3.01. The summed E-state index contributed by atoms with van der Waals surface area (Å²) in [6, 6.07) is 11.8. The first kappa shape index (κ1) is 13.3. The summed E-state index contributed by atoms with van der Waals surface area (Å²) >= 11 is 5.04. The molecule has 0 saturated carbocycles. The highest BCUT2D eigenvalue weighted by Gasteiger charge is 2.09. The van der Waals surface area contributed by atoms with Crippen LogP contribution >= 0.6 is 27.7 Å². The van der Waals surface area contributed by atoms with Crippen molar-refractivity contribution in [2.75, 3.05) is 0 Å². The summed E-state index contributed by atoms with van der Waals surface area (Å²) in [5, 5.41) is 8.65. The van der Waals surface area contributed by atoms with Crippen molar-refractivity contribution in [3.63, 3.8) is 0 Å². The van der Waals surface area contributed by atoms with Crippen LogP contribution in [0.15, 0.2) is 62.9 Å². The first-order chi connectivity index (χ1) is 9.83. The van der Waals surface area contributed by atoms with Gasteiger partial charge >= 0.3 is 0 Å². The van der Waals surface area contributed by atoms with E-state index in [1.54, 1.807) is 12.4 Å². The monoisotopic (exact) mass is 347 g/mol. The van der Waals surface area contributed by atoms with Crippen LogP contribution < -0.4 is 0 Å². The zero-order valence-electron chi connectivity index (χ0n) is 10.4. The molecule has 4 nitrogen and oxygen atoms in total. The molecule has 0 fully saturated rings. The molecule has 0 unspecified atom stereocenters. The number of benzene rings is 1. The van der Waals surface area contributed by atoms with E-state index >= 15 is 0 Å². The van der Waals surface area contributed by atoms with Crippen molar-refractivity contribution in [2.45, 2.75) is 11.0 Å². The molecule has 0 aliphatic heterocycles. The molecule has 0 atom stereocenters. The van der Waals surface area contributed by atoms with Crippen LogP contribution in [0.25, 0.3) is 11.5 Å². The fourth-order valence-electron chi connectivity index (χ4n) is 1.63. The minimum atomic E-state index is 0.516. The van der Waals surface area contributed by atoms with E-state index in [1.807, 2.05) is 30.3 Å². The van der Waals surface area contributed by atoms with Crippen LogP contribution in [0, 0.1) is 0 Å². The molecule has 0 aliphatic carbocycles. The number of thioether (sulfide) groups is 1. The maximum absolute atomic E-state index is 5.63.